The number of nitrogens with zero attached hydrogens (tertiary/aromatic N) is 3. The summed E-state index contributed by atoms with van der Waals surface area (Å²) in [5.41, 5.74) is 0.405. The Balaban J connectivity index is 1.57. The molecule has 0 aliphatic heterocycles. The van der Waals surface area contributed by atoms with Gasteiger partial charge >= 0.3 is 0 Å². The van der Waals surface area contributed by atoms with Crippen LogP contribution in [0.1, 0.15) is 18.9 Å². The largest absolute Gasteiger partial charge is 0.483 e. The van der Waals surface area contributed by atoms with E-state index in [2.05, 4.69) is 15.5 Å². The number of anilines is 1. The van der Waals surface area contributed by atoms with E-state index in [4.69, 9.17) is 16.3 Å². The number of aromatic nitrogens is 3. The van der Waals surface area contributed by atoms with Crippen molar-refractivity contribution in [1.82, 2.24) is 14.8 Å². The fraction of sp³-hybridized carbons (Fsp3) is 0.211. The Bertz CT molecular complexity index is 1010. The highest BCUT2D eigenvalue weighted by Gasteiger charge is 2.18. The van der Waals surface area contributed by atoms with Gasteiger partial charge in [-0.25, -0.2) is 8.78 Å². The fourth-order valence-corrected chi connectivity index (χ4v) is 3.38. The number of nitrogens with one attached hydrogen (secondary N) is 1. The summed E-state index contributed by atoms with van der Waals surface area (Å²) in [6.07, 6.45) is -0.428. The topological polar surface area (TPSA) is 69.0 Å². The number of hydrogen-bond acceptors (Lipinski definition) is 5. The Morgan fingerprint density at radius 3 is 2.66 bits per heavy atom. The Morgan fingerprint density at radius 1 is 1.24 bits per heavy atom. The smallest absolute Gasteiger partial charge is 0.234 e. The Hall–Kier alpha value is -2.65. The molecule has 3 rings (SSSR count). The van der Waals surface area contributed by atoms with Gasteiger partial charge in [0.15, 0.2) is 17.1 Å². The molecule has 6 nitrogen and oxygen atoms in total. The quantitative estimate of drug-likeness (QED) is 0.545. The van der Waals surface area contributed by atoms with Gasteiger partial charge in [-0.05, 0) is 49.4 Å². The van der Waals surface area contributed by atoms with Gasteiger partial charge in [0.2, 0.25) is 5.91 Å². The first kappa shape index (κ1) is 21.1. The van der Waals surface area contributed by atoms with Gasteiger partial charge in [-0.2, -0.15) is 0 Å². The molecule has 3 aromatic rings. The molecule has 1 unspecified atom stereocenters. The third-order valence-corrected chi connectivity index (χ3v) is 5.20. The average molecular weight is 439 g/mol. The van der Waals surface area contributed by atoms with E-state index in [0.29, 0.717) is 22.4 Å². The molecule has 0 bridgehead atoms. The van der Waals surface area contributed by atoms with E-state index in [1.165, 1.54) is 54.2 Å². The van der Waals surface area contributed by atoms with Crippen LogP contribution in [0.5, 0.6) is 5.75 Å². The molecule has 1 atom stereocenters. The Morgan fingerprint density at radius 2 is 1.97 bits per heavy atom. The molecule has 1 aromatic heterocycles. The summed E-state index contributed by atoms with van der Waals surface area (Å²) in [4.78, 5) is 12.1. The maximum Gasteiger partial charge on any atom is 0.234 e. The molecule has 29 heavy (non-hydrogen) atoms. The van der Waals surface area contributed by atoms with Gasteiger partial charge in [0.25, 0.3) is 0 Å². The molecule has 152 valence electrons. The SMILES string of the molecule is CC(Oc1ccc(F)cc1)c1nnc(SCC(=O)Nc2ccc(F)c(Cl)c2)n1C. The van der Waals surface area contributed by atoms with Crippen LogP contribution in [0.2, 0.25) is 5.02 Å². The van der Waals surface area contributed by atoms with Crippen molar-refractivity contribution in [2.24, 2.45) is 7.05 Å². The van der Waals surface area contributed by atoms with Crippen LogP contribution < -0.4 is 10.1 Å². The number of ether oxygens (including phenoxy) is 1. The third kappa shape index (κ3) is 5.45. The second kappa shape index (κ2) is 9.23. The van der Waals surface area contributed by atoms with E-state index in [1.807, 2.05) is 0 Å². The predicted molar refractivity (Wildman–Crippen MR) is 107 cm³/mol. The summed E-state index contributed by atoms with van der Waals surface area (Å²) >= 11 is 6.90. The normalized spacial score (nSPS) is 11.9. The van der Waals surface area contributed by atoms with Crippen LogP contribution in [-0.2, 0) is 11.8 Å². The van der Waals surface area contributed by atoms with Gasteiger partial charge in [-0.1, -0.05) is 23.4 Å². The van der Waals surface area contributed by atoms with Crippen LogP contribution >= 0.6 is 23.4 Å². The maximum atomic E-state index is 13.2. The molecule has 10 heteroatoms. The van der Waals surface area contributed by atoms with Gasteiger partial charge < -0.3 is 14.6 Å². The van der Waals surface area contributed by atoms with E-state index in [-0.39, 0.29) is 22.5 Å². The summed E-state index contributed by atoms with van der Waals surface area (Å²) in [7, 11) is 1.76. The predicted octanol–water partition coefficient (Wildman–Crippen LogP) is 4.62. The van der Waals surface area contributed by atoms with Crippen molar-refractivity contribution >= 4 is 35.0 Å². The number of carbonyl (C=O) groups excluding carboxylic acids is 1. The first-order chi connectivity index (χ1) is 13.8. The lowest BCUT2D eigenvalue weighted by atomic mass is 10.3. The molecular formula is C19H17ClF2N4O2S. The lowest BCUT2D eigenvalue weighted by molar-refractivity contribution is -0.113. The van der Waals surface area contributed by atoms with Crippen molar-refractivity contribution in [2.75, 3.05) is 11.1 Å². The van der Waals surface area contributed by atoms with Crippen LogP contribution in [0.25, 0.3) is 0 Å². The highest BCUT2D eigenvalue weighted by Crippen LogP contribution is 2.24. The first-order valence-electron chi connectivity index (χ1n) is 8.52. The lowest BCUT2D eigenvalue weighted by Crippen LogP contribution is -2.15. The molecule has 1 N–H and O–H groups in total. The molecular weight excluding hydrogens is 422 g/mol. The van der Waals surface area contributed by atoms with Crippen LogP contribution in [0.15, 0.2) is 47.6 Å². The van der Waals surface area contributed by atoms with E-state index in [1.54, 1.807) is 18.5 Å². The van der Waals surface area contributed by atoms with Crippen LogP contribution in [-0.4, -0.2) is 26.4 Å². The zero-order valence-corrected chi connectivity index (χ0v) is 17.1. The van der Waals surface area contributed by atoms with Crippen LogP contribution in [0.3, 0.4) is 0 Å². The Labute approximate surface area is 175 Å². The van der Waals surface area contributed by atoms with Gasteiger partial charge in [-0.3, -0.25) is 4.79 Å². The summed E-state index contributed by atoms with van der Waals surface area (Å²) in [5.74, 6) is -0.0475. The number of amides is 1. The van der Waals surface area contributed by atoms with Gasteiger partial charge in [0.1, 0.15) is 17.4 Å². The molecule has 0 saturated heterocycles. The highest BCUT2D eigenvalue weighted by molar-refractivity contribution is 7.99. The number of carbonyl (C=O) groups is 1. The molecule has 0 aliphatic carbocycles. The maximum absolute atomic E-state index is 13.2. The molecule has 2 aromatic carbocycles. The second-order valence-electron chi connectivity index (χ2n) is 6.08. The number of halogens is 3. The van der Waals surface area contributed by atoms with Crippen molar-refractivity contribution in [3.05, 3.63) is 64.9 Å². The van der Waals surface area contributed by atoms with Gasteiger partial charge in [0.05, 0.1) is 10.8 Å². The summed E-state index contributed by atoms with van der Waals surface area (Å²) in [6, 6.07) is 9.64. The lowest BCUT2D eigenvalue weighted by Gasteiger charge is -2.14. The highest BCUT2D eigenvalue weighted by atomic mass is 35.5. The fourth-order valence-electron chi connectivity index (χ4n) is 2.48. The van der Waals surface area contributed by atoms with E-state index in [0.717, 1.165) is 0 Å². The summed E-state index contributed by atoms with van der Waals surface area (Å²) in [5, 5.41) is 11.3. The van der Waals surface area contributed by atoms with Crippen LogP contribution in [0.4, 0.5) is 14.5 Å². The molecule has 0 radical (unpaired) electrons. The van der Waals surface area contributed by atoms with Crippen molar-refractivity contribution in [3.8, 4) is 5.75 Å². The minimum atomic E-state index is -0.553. The number of hydrogen-bond donors (Lipinski definition) is 1. The zero-order valence-electron chi connectivity index (χ0n) is 15.5. The minimum absolute atomic E-state index is 0.0662. The summed E-state index contributed by atoms with van der Waals surface area (Å²) in [6.45, 7) is 1.80. The molecule has 0 saturated carbocycles. The van der Waals surface area contributed by atoms with Crippen molar-refractivity contribution in [2.45, 2.75) is 18.2 Å². The van der Waals surface area contributed by atoms with Crippen LogP contribution in [0, 0.1) is 11.6 Å². The summed E-state index contributed by atoms with van der Waals surface area (Å²) < 4.78 is 33.7. The molecule has 0 fully saturated rings. The zero-order chi connectivity index (χ0) is 21.0. The average Bonchev–Trinajstić information content (AvgIpc) is 3.05. The standard InChI is InChI=1S/C19H17ClF2N4O2S/c1-11(28-14-6-3-12(21)4-7-14)18-24-25-19(26(18)2)29-10-17(27)23-13-5-8-16(22)15(20)9-13/h3-9,11H,10H2,1-2H3,(H,23,27). The van der Waals surface area contributed by atoms with Crippen molar-refractivity contribution in [3.63, 3.8) is 0 Å². The third-order valence-electron chi connectivity index (χ3n) is 3.89. The molecule has 0 aliphatic rings. The number of thioether (sulfide) groups is 1. The van der Waals surface area contributed by atoms with Gasteiger partial charge in [-0.15, -0.1) is 10.2 Å². The first-order valence-corrected chi connectivity index (χ1v) is 9.89. The van der Waals surface area contributed by atoms with Crippen molar-refractivity contribution < 1.29 is 18.3 Å². The molecule has 1 amide bonds. The van der Waals surface area contributed by atoms with E-state index in [9.17, 15) is 13.6 Å². The number of rotatable bonds is 7. The number of benzene rings is 2. The second-order valence-corrected chi connectivity index (χ2v) is 7.43. The van der Waals surface area contributed by atoms with Crippen molar-refractivity contribution in [1.29, 1.82) is 0 Å². The van der Waals surface area contributed by atoms with Gasteiger partial charge in [0, 0.05) is 12.7 Å². The van der Waals surface area contributed by atoms with E-state index >= 15 is 0 Å². The molecule has 0 spiro atoms. The monoisotopic (exact) mass is 438 g/mol. The molecule has 1 heterocycles. The minimum Gasteiger partial charge on any atom is -0.483 e. The van der Waals surface area contributed by atoms with E-state index < -0.39 is 11.9 Å². The Kier molecular flexibility index (Phi) is 6.71.